The van der Waals surface area contributed by atoms with Gasteiger partial charge >= 0.3 is 5.97 Å². The van der Waals surface area contributed by atoms with Crippen LogP contribution in [0.2, 0.25) is 0 Å². The number of sulfonamides is 1. The molecule has 0 unspecified atom stereocenters. The third-order valence-corrected chi connectivity index (χ3v) is 5.91. The second-order valence-electron chi connectivity index (χ2n) is 6.71. The number of nitrogens with one attached hydrogen (secondary N) is 1. The van der Waals surface area contributed by atoms with E-state index in [-0.39, 0.29) is 41.5 Å². The van der Waals surface area contributed by atoms with Crippen LogP contribution >= 0.6 is 0 Å². The molecule has 9 nitrogen and oxygen atoms in total. The first kappa shape index (κ1) is 24.9. The molecule has 2 N–H and O–H groups in total. The van der Waals surface area contributed by atoms with E-state index in [4.69, 9.17) is 14.6 Å². The van der Waals surface area contributed by atoms with Crippen molar-refractivity contribution < 1.29 is 41.3 Å². The van der Waals surface area contributed by atoms with Crippen LogP contribution in [0.4, 0.5) is 14.5 Å². The molecule has 34 heavy (non-hydrogen) atoms. The van der Waals surface area contributed by atoms with Crippen molar-refractivity contribution in [2.24, 2.45) is 0 Å². The lowest BCUT2D eigenvalue weighted by Gasteiger charge is -2.15. The standard InChI is InChI=1S/C22H20F2N2O7S/c1-31-21-20(9-13(12-25-21)22(28)32-2)34(29,30)26-18-10-15(16(23)11-17(18)24)14-5-3-4-6-19(14)33-8-7-27/h3-6,9-12,26-27H,7-8H2,1-2H3. The van der Waals surface area contributed by atoms with Gasteiger partial charge in [0, 0.05) is 23.4 Å². The van der Waals surface area contributed by atoms with Crippen molar-refractivity contribution >= 4 is 21.7 Å². The van der Waals surface area contributed by atoms with Crippen molar-refractivity contribution in [2.75, 3.05) is 32.2 Å². The Balaban J connectivity index is 2.07. The summed E-state index contributed by atoms with van der Waals surface area (Å²) in [6.45, 7) is -0.353. The average Bonchev–Trinajstić information content (AvgIpc) is 2.83. The van der Waals surface area contributed by atoms with Crippen LogP contribution in [0.3, 0.4) is 0 Å². The molecule has 3 rings (SSSR count). The van der Waals surface area contributed by atoms with Crippen molar-refractivity contribution in [3.8, 4) is 22.8 Å². The predicted octanol–water partition coefficient (Wildman–Crippen LogP) is 2.99. The number of rotatable bonds is 9. The van der Waals surface area contributed by atoms with Crippen LogP contribution < -0.4 is 14.2 Å². The smallest absolute Gasteiger partial charge is 0.339 e. The Morgan fingerprint density at radius 1 is 1.09 bits per heavy atom. The lowest BCUT2D eigenvalue weighted by molar-refractivity contribution is 0.0600. The molecule has 0 bridgehead atoms. The fourth-order valence-corrected chi connectivity index (χ4v) is 4.22. The second kappa shape index (κ2) is 10.4. The molecule has 1 aromatic heterocycles. The molecule has 0 fully saturated rings. The molecule has 0 saturated heterocycles. The maximum Gasteiger partial charge on any atom is 0.339 e. The molecule has 0 radical (unpaired) electrons. The van der Waals surface area contributed by atoms with Crippen molar-refractivity contribution in [1.82, 2.24) is 4.98 Å². The Kier molecular flexibility index (Phi) is 7.64. The van der Waals surface area contributed by atoms with Crippen LogP contribution in [0.25, 0.3) is 11.1 Å². The number of anilines is 1. The van der Waals surface area contributed by atoms with Crippen molar-refractivity contribution in [3.63, 3.8) is 0 Å². The van der Waals surface area contributed by atoms with E-state index in [2.05, 4.69) is 9.72 Å². The van der Waals surface area contributed by atoms with E-state index in [1.807, 2.05) is 4.72 Å². The minimum Gasteiger partial charge on any atom is -0.491 e. The highest BCUT2D eigenvalue weighted by Crippen LogP contribution is 2.35. The molecule has 0 aliphatic heterocycles. The number of hydrogen-bond acceptors (Lipinski definition) is 8. The topological polar surface area (TPSA) is 124 Å². The number of halogens is 2. The number of aliphatic hydroxyl groups is 1. The van der Waals surface area contributed by atoms with Gasteiger partial charge in [-0.1, -0.05) is 18.2 Å². The number of benzene rings is 2. The van der Waals surface area contributed by atoms with Gasteiger partial charge in [0.2, 0.25) is 5.88 Å². The Morgan fingerprint density at radius 3 is 2.50 bits per heavy atom. The number of aliphatic hydroxyl groups excluding tert-OH is 1. The summed E-state index contributed by atoms with van der Waals surface area (Å²) in [6, 6.07) is 8.67. The van der Waals surface area contributed by atoms with Crippen LogP contribution in [-0.4, -0.2) is 51.9 Å². The maximum absolute atomic E-state index is 14.7. The number of esters is 1. The zero-order valence-electron chi connectivity index (χ0n) is 18.0. The number of carbonyl (C=O) groups excluding carboxylic acids is 1. The molecular formula is C22H20F2N2O7S. The minimum absolute atomic E-state index is 0.0668. The first-order valence-corrected chi connectivity index (χ1v) is 11.2. The summed E-state index contributed by atoms with van der Waals surface area (Å²) in [5, 5.41) is 9.00. The van der Waals surface area contributed by atoms with Gasteiger partial charge in [-0.2, -0.15) is 0 Å². The lowest BCUT2D eigenvalue weighted by atomic mass is 10.0. The highest BCUT2D eigenvalue weighted by atomic mass is 32.2. The van der Waals surface area contributed by atoms with Gasteiger partial charge in [-0.05, 0) is 18.2 Å². The molecule has 1 heterocycles. The van der Waals surface area contributed by atoms with Crippen LogP contribution in [0, 0.1) is 11.6 Å². The minimum atomic E-state index is -4.55. The van der Waals surface area contributed by atoms with Gasteiger partial charge in [0.1, 0.15) is 24.0 Å². The quantitative estimate of drug-likeness (QED) is 0.435. The third kappa shape index (κ3) is 5.24. The van der Waals surface area contributed by atoms with Crippen molar-refractivity contribution in [2.45, 2.75) is 4.90 Å². The SMILES string of the molecule is COC(=O)c1cnc(OC)c(S(=O)(=O)Nc2cc(-c3ccccc3OCCO)c(F)cc2F)c1. The zero-order valence-corrected chi connectivity index (χ0v) is 18.9. The van der Waals surface area contributed by atoms with E-state index in [9.17, 15) is 22.0 Å². The fraction of sp³-hybridized carbons (Fsp3) is 0.182. The molecule has 3 aromatic rings. The average molecular weight is 494 g/mol. The van der Waals surface area contributed by atoms with Crippen LogP contribution in [0.5, 0.6) is 11.6 Å². The van der Waals surface area contributed by atoms with E-state index in [0.29, 0.717) is 6.07 Å². The lowest BCUT2D eigenvalue weighted by Crippen LogP contribution is -2.17. The number of pyridine rings is 1. The molecule has 0 atom stereocenters. The molecule has 0 aliphatic carbocycles. The summed E-state index contributed by atoms with van der Waals surface area (Å²) >= 11 is 0. The highest BCUT2D eigenvalue weighted by molar-refractivity contribution is 7.92. The number of methoxy groups -OCH3 is 2. The molecule has 12 heteroatoms. The van der Waals surface area contributed by atoms with Gasteiger partial charge in [-0.15, -0.1) is 0 Å². The van der Waals surface area contributed by atoms with E-state index >= 15 is 0 Å². The van der Waals surface area contributed by atoms with Gasteiger partial charge in [0.15, 0.2) is 4.90 Å². The Morgan fingerprint density at radius 2 is 1.82 bits per heavy atom. The molecule has 180 valence electrons. The number of nitrogens with zero attached hydrogens (tertiary/aromatic N) is 1. The van der Waals surface area contributed by atoms with Crippen LogP contribution in [0.1, 0.15) is 10.4 Å². The summed E-state index contributed by atoms with van der Waals surface area (Å²) in [5.41, 5.74) is -0.695. The Labute approximate surface area is 194 Å². The summed E-state index contributed by atoms with van der Waals surface area (Å²) < 4.78 is 72.3. The van der Waals surface area contributed by atoms with Gasteiger partial charge in [-0.25, -0.2) is 27.0 Å². The summed E-state index contributed by atoms with van der Waals surface area (Å²) in [5.74, 6) is -3.15. The van der Waals surface area contributed by atoms with E-state index in [0.717, 1.165) is 25.4 Å². The first-order valence-electron chi connectivity index (χ1n) is 9.69. The summed E-state index contributed by atoms with van der Waals surface area (Å²) in [6.07, 6.45) is 1.06. The number of aromatic nitrogens is 1. The second-order valence-corrected chi connectivity index (χ2v) is 8.36. The van der Waals surface area contributed by atoms with Gasteiger partial charge in [0.25, 0.3) is 10.0 Å². The predicted molar refractivity (Wildman–Crippen MR) is 117 cm³/mol. The van der Waals surface area contributed by atoms with E-state index in [1.165, 1.54) is 19.2 Å². The molecule has 2 aromatic carbocycles. The Hall–Kier alpha value is -3.77. The molecule has 0 saturated carbocycles. The van der Waals surface area contributed by atoms with E-state index in [1.54, 1.807) is 12.1 Å². The number of carbonyl (C=O) groups is 1. The van der Waals surface area contributed by atoms with Crippen LogP contribution in [-0.2, 0) is 14.8 Å². The Bertz CT molecular complexity index is 1320. The van der Waals surface area contributed by atoms with Gasteiger partial charge in [0.05, 0.1) is 32.1 Å². The number of para-hydroxylation sites is 1. The first-order chi connectivity index (χ1) is 16.2. The van der Waals surface area contributed by atoms with Crippen molar-refractivity contribution in [3.05, 3.63) is 65.9 Å². The fourth-order valence-electron chi connectivity index (χ4n) is 3.01. The highest BCUT2D eigenvalue weighted by Gasteiger charge is 2.26. The molecule has 0 aliphatic rings. The molecular weight excluding hydrogens is 474 g/mol. The van der Waals surface area contributed by atoms with Crippen LogP contribution in [0.15, 0.2) is 53.6 Å². The van der Waals surface area contributed by atoms with Gasteiger partial charge in [-0.3, -0.25) is 4.72 Å². The monoisotopic (exact) mass is 494 g/mol. The summed E-state index contributed by atoms with van der Waals surface area (Å²) in [7, 11) is -2.28. The molecule has 0 amide bonds. The van der Waals surface area contributed by atoms with Crippen molar-refractivity contribution in [1.29, 1.82) is 0 Å². The third-order valence-electron chi connectivity index (χ3n) is 4.55. The maximum atomic E-state index is 14.7. The largest absolute Gasteiger partial charge is 0.491 e. The number of hydrogen-bond donors (Lipinski definition) is 2. The normalized spacial score (nSPS) is 11.1. The number of ether oxygens (including phenoxy) is 3. The summed E-state index contributed by atoms with van der Waals surface area (Å²) in [4.78, 5) is 15.0. The molecule has 0 spiro atoms. The van der Waals surface area contributed by atoms with E-state index < -0.39 is 38.2 Å². The zero-order chi connectivity index (χ0) is 24.9. The van der Waals surface area contributed by atoms with Gasteiger partial charge < -0.3 is 19.3 Å².